The third-order valence-corrected chi connectivity index (χ3v) is 15.3. The van der Waals surface area contributed by atoms with Crippen molar-refractivity contribution >= 4 is 63.0 Å². The van der Waals surface area contributed by atoms with E-state index in [-0.39, 0.29) is 0 Å². The molecule has 0 bridgehead atoms. The maximum absolute atomic E-state index is 5.47. The largest absolute Gasteiger partial charge is 0.208 e. The van der Waals surface area contributed by atoms with Gasteiger partial charge in [0.25, 0.3) is 0 Å². The summed E-state index contributed by atoms with van der Waals surface area (Å²) < 4.78 is 5.02. The normalized spacial score (nSPS) is 12.9. The summed E-state index contributed by atoms with van der Waals surface area (Å²) in [5, 5.41) is 5.05. The van der Waals surface area contributed by atoms with Crippen LogP contribution in [0, 0.1) is 0 Å². The maximum atomic E-state index is 5.47. The highest BCUT2D eigenvalue weighted by molar-refractivity contribution is 7.26. The molecule has 0 spiro atoms. The zero-order chi connectivity index (χ0) is 41.5. The second-order valence-electron chi connectivity index (χ2n) is 16.2. The predicted molar refractivity (Wildman–Crippen MR) is 265 cm³/mol. The molecule has 5 heteroatoms. The first-order valence-corrected chi connectivity index (χ1v) is 22.9. The molecule has 63 heavy (non-hydrogen) atoms. The molecule has 0 radical (unpaired) electrons. The van der Waals surface area contributed by atoms with E-state index in [9.17, 15) is 0 Å². The Kier molecular flexibility index (Phi) is 8.17. The zero-order valence-corrected chi connectivity index (χ0v) is 35.5. The Hall–Kier alpha value is -7.57. The highest BCUT2D eigenvalue weighted by atomic mass is 32.1. The summed E-state index contributed by atoms with van der Waals surface area (Å²) in [7, 11) is 0. The number of hydrogen-bond donors (Lipinski definition) is 0. The summed E-state index contributed by atoms with van der Waals surface area (Å²) in [6.45, 7) is 0. The topological polar surface area (TPSA) is 38.7 Å². The maximum Gasteiger partial charge on any atom is 0.165 e. The van der Waals surface area contributed by atoms with Crippen LogP contribution >= 0.6 is 22.7 Å². The van der Waals surface area contributed by atoms with E-state index in [0.29, 0.717) is 17.5 Å². The Morgan fingerprint density at radius 1 is 0.302 bits per heavy atom. The number of aromatic nitrogens is 3. The number of benzene rings is 9. The number of nitrogens with zero attached hydrogens (tertiary/aromatic N) is 3. The van der Waals surface area contributed by atoms with Crippen molar-refractivity contribution in [3.05, 3.63) is 235 Å². The number of thiophene rings is 2. The van der Waals surface area contributed by atoms with Crippen LogP contribution in [-0.2, 0) is 5.41 Å². The van der Waals surface area contributed by atoms with Gasteiger partial charge >= 0.3 is 0 Å². The van der Waals surface area contributed by atoms with Crippen molar-refractivity contribution in [1.82, 2.24) is 15.0 Å². The van der Waals surface area contributed by atoms with Crippen LogP contribution in [-0.4, -0.2) is 15.0 Å². The van der Waals surface area contributed by atoms with Gasteiger partial charge in [-0.3, -0.25) is 0 Å². The van der Waals surface area contributed by atoms with Gasteiger partial charge in [-0.05, 0) is 62.7 Å². The molecule has 0 amide bonds. The Balaban J connectivity index is 1.04. The van der Waals surface area contributed by atoms with Crippen LogP contribution in [0.4, 0.5) is 0 Å². The molecule has 0 saturated carbocycles. The Morgan fingerprint density at radius 2 is 0.746 bits per heavy atom. The van der Waals surface area contributed by atoms with Crippen molar-refractivity contribution < 1.29 is 0 Å². The lowest BCUT2D eigenvalue weighted by Crippen LogP contribution is -2.28. The van der Waals surface area contributed by atoms with E-state index in [4.69, 9.17) is 15.0 Å². The second-order valence-corrected chi connectivity index (χ2v) is 18.3. The number of hydrogen-bond acceptors (Lipinski definition) is 5. The summed E-state index contributed by atoms with van der Waals surface area (Å²) in [5.41, 5.74) is 12.0. The average Bonchev–Trinajstić information content (AvgIpc) is 4.03. The van der Waals surface area contributed by atoms with E-state index in [2.05, 4.69) is 212 Å². The molecular weight excluding hydrogens is 803 g/mol. The highest BCUT2D eigenvalue weighted by Gasteiger charge is 2.47. The van der Waals surface area contributed by atoms with Crippen molar-refractivity contribution in [2.45, 2.75) is 5.41 Å². The molecule has 12 aromatic rings. The third-order valence-electron chi connectivity index (χ3n) is 12.9. The van der Waals surface area contributed by atoms with E-state index in [1.54, 1.807) is 11.3 Å². The predicted octanol–water partition coefficient (Wildman–Crippen LogP) is 15.6. The molecule has 0 fully saturated rings. The van der Waals surface area contributed by atoms with Crippen LogP contribution in [0.5, 0.6) is 0 Å². The molecule has 0 aliphatic heterocycles. The summed E-state index contributed by atoms with van der Waals surface area (Å²) in [6.07, 6.45) is 0. The first kappa shape index (κ1) is 36.1. The van der Waals surface area contributed by atoms with Gasteiger partial charge in [0.2, 0.25) is 0 Å². The van der Waals surface area contributed by atoms with Gasteiger partial charge in [-0.2, -0.15) is 0 Å². The van der Waals surface area contributed by atoms with E-state index in [1.807, 2.05) is 11.3 Å². The molecule has 9 aromatic carbocycles. The van der Waals surface area contributed by atoms with E-state index < -0.39 is 5.41 Å². The molecule has 0 unspecified atom stereocenters. The standard InChI is InChI=1S/C58H35N3S2/c1-3-16-38(17-4-1)58(39-18-5-2-6-19-39)48-28-10-7-22-45(48)52-46(26-15-29-49(52)58)56-59-55(60-57(61-56)47-27-14-25-44-42-21-9-12-31-51(42)63-54(44)47)37-34-32-36(33-35-37)40-23-13-24-43-41-20-8-11-30-50(41)62-53(40)43/h1-35H. The Morgan fingerprint density at radius 3 is 1.41 bits per heavy atom. The minimum absolute atomic E-state index is 0.543. The van der Waals surface area contributed by atoms with Gasteiger partial charge in [0.1, 0.15) is 0 Å². The van der Waals surface area contributed by atoms with Crippen LogP contribution in [0.3, 0.4) is 0 Å². The summed E-state index contributed by atoms with van der Waals surface area (Å²) in [4.78, 5) is 16.2. The van der Waals surface area contributed by atoms with Gasteiger partial charge in [0.05, 0.1) is 5.41 Å². The quantitative estimate of drug-likeness (QED) is 0.167. The lowest BCUT2D eigenvalue weighted by Gasteiger charge is -2.33. The molecule has 1 aliphatic carbocycles. The average molecular weight is 838 g/mol. The van der Waals surface area contributed by atoms with Gasteiger partial charge < -0.3 is 0 Å². The second kappa shape index (κ2) is 14.2. The molecule has 3 nitrogen and oxygen atoms in total. The third kappa shape index (κ3) is 5.47. The minimum atomic E-state index is -0.543. The smallest absolute Gasteiger partial charge is 0.165 e. The first-order valence-electron chi connectivity index (χ1n) is 21.3. The molecule has 0 atom stereocenters. The van der Waals surface area contributed by atoms with Crippen LogP contribution in [0.1, 0.15) is 22.3 Å². The van der Waals surface area contributed by atoms with Gasteiger partial charge in [-0.15, -0.1) is 22.7 Å². The minimum Gasteiger partial charge on any atom is -0.208 e. The van der Waals surface area contributed by atoms with Crippen molar-refractivity contribution in [3.8, 4) is 56.4 Å². The molecule has 3 aromatic heterocycles. The van der Waals surface area contributed by atoms with Crippen LogP contribution in [0.15, 0.2) is 212 Å². The number of fused-ring (bicyclic) bond motifs is 9. The monoisotopic (exact) mass is 837 g/mol. The Bertz CT molecular complexity index is 3700. The lowest BCUT2D eigenvalue weighted by atomic mass is 9.67. The summed E-state index contributed by atoms with van der Waals surface area (Å²) in [5.74, 6) is 1.95. The Labute approximate surface area is 372 Å². The molecule has 0 N–H and O–H groups in total. The highest BCUT2D eigenvalue weighted by Crippen LogP contribution is 2.58. The van der Waals surface area contributed by atoms with Crippen LogP contribution in [0.25, 0.3) is 96.8 Å². The van der Waals surface area contributed by atoms with Gasteiger partial charge in [-0.25, -0.2) is 15.0 Å². The van der Waals surface area contributed by atoms with E-state index in [0.717, 1.165) is 27.8 Å². The first-order chi connectivity index (χ1) is 31.2. The molecular formula is C58H35N3S2. The van der Waals surface area contributed by atoms with E-state index in [1.165, 1.54) is 73.7 Å². The SMILES string of the molecule is c1ccc(C2(c3ccccc3)c3ccccc3-c3c(-c4nc(-c5ccc(-c6cccc7c6sc6ccccc67)cc5)nc(-c5cccc6c5sc5ccccc56)n4)cccc32)cc1. The molecule has 13 rings (SSSR count). The van der Waals surface area contributed by atoms with Crippen LogP contribution < -0.4 is 0 Å². The lowest BCUT2D eigenvalue weighted by molar-refractivity contribution is 0.768. The molecule has 1 aliphatic rings. The fraction of sp³-hybridized carbons (Fsp3) is 0.0172. The summed E-state index contributed by atoms with van der Waals surface area (Å²) in [6, 6.07) is 76.7. The van der Waals surface area contributed by atoms with Crippen molar-refractivity contribution in [1.29, 1.82) is 0 Å². The number of rotatable bonds is 6. The van der Waals surface area contributed by atoms with E-state index >= 15 is 0 Å². The van der Waals surface area contributed by atoms with Crippen molar-refractivity contribution in [3.63, 3.8) is 0 Å². The molecule has 0 saturated heterocycles. The van der Waals surface area contributed by atoms with Gasteiger partial charge in [0.15, 0.2) is 17.5 Å². The molecule has 3 heterocycles. The zero-order valence-electron chi connectivity index (χ0n) is 33.9. The van der Waals surface area contributed by atoms with Gasteiger partial charge in [0, 0.05) is 57.0 Å². The van der Waals surface area contributed by atoms with Crippen molar-refractivity contribution in [2.24, 2.45) is 0 Å². The molecule has 294 valence electrons. The van der Waals surface area contributed by atoms with Crippen molar-refractivity contribution in [2.75, 3.05) is 0 Å². The summed E-state index contributed by atoms with van der Waals surface area (Å²) >= 11 is 3.65. The fourth-order valence-electron chi connectivity index (χ4n) is 10.1. The fourth-order valence-corrected chi connectivity index (χ4v) is 12.6. The van der Waals surface area contributed by atoms with Gasteiger partial charge in [-0.1, -0.05) is 194 Å². The van der Waals surface area contributed by atoms with Crippen LogP contribution in [0.2, 0.25) is 0 Å².